The minimum atomic E-state index is -3.63. The number of nitrogens with zero attached hydrogens (tertiary/aromatic N) is 1. The zero-order valence-electron chi connectivity index (χ0n) is 11.8. The lowest BCUT2D eigenvalue weighted by Crippen LogP contribution is -2.36. The van der Waals surface area contributed by atoms with E-state index in [-0.39, 0.29) is 28.2 Å². The van der Waals surface area contributed by atoms with E-state index in [0.717, 1.165) is 21.8 Å². The summed E-state index contributed by atoms with van der Waals surface area (Å²) in [4.78, 5) is 4.94. The van der Waals surface area contributed by atoms with Crippen LogP contribution in [0.5, 0.6) is 0 Å². The van der Waals surface area contributed by atoms with Crippen LogP contribution in [0.1, 0.15) is 10.4 Å². The molecule has 2 heterocycles. The SMILES string of the molecule is CN=C(NCc1ccoc1)NCc1ccc(S(N)(=O)=O)s1.I. The van der Waals surface area contributed by atoms with Gasteiger partial charge >= 0.3 is 0 Å². The molecule has 0 amide bonds. The second-order valence-corrected chi connectivity index (χ2v) is 7.13. The first kappa shape index (κ1) is 18.9. The normalized spacial score (nSPS) is 11.8. The van der Waals surface area contributed by atoms with Crippen LogP contribution in [0.25, 0.3) is 0 Å². The molecule has 0 aromatic carbocycles. The second kappa shape index (κ2) is 8.50. The minimum absolute atomic E-state index is 0. The van der Waals surface area contributed by atoms with Crippen molar-refractivity contribution in [1.82, 2.24) is 10.6 Å². The molecule has 0 atom stereocenters. The third kappa shape index (κ3) is 5.59. The fourth-order valence-electron chi connectivity index (χ4n) is 1.58. The Morgan fingerprint density at radius 3 is 2.59 bits per heavy atom. The van der Waals surface area contributed by atoms with Gasteiger partial charge in [0, 0.05) is 24.0 Å². The molecule has 2 aromatic heterocycles. The molecule has 4 N–H and O–H groups in total. The molecule has 7 nitrogen and oxygen atoms in total. The zero-order chi connectivity index (χ0) is 15.3. The monoisotopic (exact) mass is 456 g/mol. The third-order valence-corrected chi connectivity index (χ3v) is 5.13. The maximum Gasteiger partial charge on any atom is 0.247 e. The number of halogens is 1. The number of hydrogen-bond donors (Lipinski definition) is 3. The third-order valence-electron chi connectivity index (χ3n) is 2.61. The molecule has 22 heavy (non-hydrogen) atoms. The van der Waals surface area contributed by atoms with Gasteiger partial charge in [-0.15, -0.1) is 35.3 Å². The first-order valence-corrected chi connectivity index (χ1v) is 8.42. The average Bonchev–Trinajstić information content (AvgIpc) is 3.09. The van der Waals surface area contributed by atoms with Crippen molar-refractivity contribution in [2.24, 2.45) is 10.1 Å². The molecule has 0 aliphatic carbocycles. The molecule has 0 aliphatic rings. The van der Waals surface area contributed by atoms with Crippen LogP contribution in [0.3, 0.4) is 0 Å². The Morgan fingerprint density at radius 1 is 1.32 bits per heavy atom. The largest absolute Gasteiger partial charge is 0.472 e. The first-order chi connectivity index (χ1) is 9.99. The van der Waals surface area contributed by atoms with Gasteiger partial charge in [-0.05, 0) is 18.2 Å². The van der Waals surface area contributed by atoms with Crippen LogP contribution in [0.15, 0.2) is 44.3 Å². The number of thiophene rings is 1. The molecule has 0 saturated heterocycles. The van der Waals surface area contributed by atoms with Crippen LogP contribution in [-0.2, 0) is 23.1 Å². The number of nitrogens with two attached hydrogens (primary N) is 1. The number of hydrogen-bond acceptors (Lipinski definition) is 5. The van der Waals surface area contributed by atoms with Crippen LogP contribution >= 0.6 is 35.3 Å². The lowest BCUT2D eigenvalue weighted by Gasteiger charge is -2.10. The zero-order valence-corrected chi connectivity index (χ0v) is 15.7. The quantitative estimate of drug-likeness (QED) is 0.359. The summed E-state index contributed by atoms with van der Waals surface area (Å²) >= 11 is 1.13. The predicted octanol–water partition coefficient (Wildman–Crippen LogP) is 1.47. The molecule has 0 saturated carbocycles. The van der Waals surface area contributed by atoms with E-state index in [4.69, 9.17) is 9.56 Å². The smallest absolute Gasteiger partial charge is 0.247 e. The molecule has 122 valence electrons. The Morgan fingerprint density at radius 2 is 2.05 bits per heavy atom. The van der Waals surface area contributed by atoms with Crippen LogP contribution in [0, 0.1) is 0 Å². The fourth-order valence-corrected chi connectivity index (χ4v) is 3.29. The van der Waals surface area contributed by atoms with Gasteiger partial charge in [0.15, 0.2) is 5.96 Å². The molecular weight excluding hydrogens is 439 g/mol. The van der Waals surface area contributed by atoms with Crippen LogP contribution in [0.4, 0.5) is 0 Å². The van der Waals surface area contributed by atoms with E-state index in [1.165, 1.54) is 6.07 Å². The van der Waals surface area contributed by atoms with Crippen LogP contribution in [-0.4, -0.2) is 21.4 Å². The topological polar surface area (TPSA) is 110 Å². The summed E-state index contributed by atoms with van der Waals surface area (Å²) < 4.78 is 27.5. The van der Waals surface area contributed by atoms with Crippen molar-refractivity contribution in [3.8, 4) is 0 Å². The molecule has 0 bridgehead atoms. The summed E-state index contributed by atoms with van der Waals surface area (Å²) in [6.07, 6.45) is 3.26. The summed E-state index contributed by atoms with van der Waals surface area (Å²) in [6, 6.07) is 5.08. The van der Waals surface area contributed by atoms with Gasteiger partial charge in [0.2, 0.25) is 10.0 Å². The van der Waals surface area contributed by atoms with Crippen LogP contribution < -0.4 is 15.8 Å². The van der Waals surface area contributed by atoms with Gasteiger partial charge in [-0.3, -0.25) is 4.99 Å². The summed E-state index contributed by atoms with van der Waals surface area (Å²) in [5.41, 5.74) is 1.01. The highest BCUT2D eigenvalue weighted by Crippen LogP contribution is 2.19. The van der Waals surface area contributed by atoms with Crippen molar-refractivity contribution >= 4 is 51.3 Å². The van der Waals surface area contributed by atoms with E-state index in [0.29, 0.717) is 19.0 Å². The predicted molar refractivity (Wildman–Crippen MR) is 96.9 cm³/mol. The maximum atomic E-state index is 11.2. The molecule has 0 spiro atoms. The fraction of sp³-hybridized carbons (Fsp3) is 0.250. The summed E-state index contributed by atoms with van der Waals surface area (Å²) in [7, 11) is -1.97. The highest BCUT2D eigenvalue weighted by molar-refractivity contribution is 14.0. The van der Waals surface area contributed by atoms with Gasteiger partial charge in [-0.2, -0.15) is 0 Å². The average molecular weight is 456 g/mol. The van der Waals surface area contributed by atoms with Gasteiger partial charge in [-0.25, -0.2) is 13.6 Å². The van der Waals surface area contributed by atoms with Crippen molar-refractivity contribution in [2.45, 2.75) is 17.3 Å². The number of primary sulfonamides is 1. The molecule has 0 radical (unpaired) electrons. The lowest BCUT2D eigenvalue weighted by molar-refractivity contribution is 0.563. The van der Waals surface area contributed by atoms with Gasteiger partial charge in [-0.1, -0.05) is 0 Å². The molecule has 0 fully saturated rings. The maximum absolute atomic E-state index is 11.2. The van der Waals surface area contributed by atoms with Crippen molar-refractivity contribution in [1.29, 1.82) is 0 Å². The summed E-state index contributed by atoms with van der Waals surface area (Å²) in [6.45, 7) is 1.05. The lowest BCUT2D eigenvalue weighted by atomic mass is 10.3. The first-order valence-electron chi connectivity index (χ1n) is 6.06. The highest BCUT2D eigenvalue weighted by atomic mass is 127. The standard InChI is InChI=1S/C12H16N4O3S2.HI/c1-14-12(15-6-9-4-5-19-8-9)16-7-10-2-3-11(20-10)21(13,17)18;/h2-5,8H,6-7H2,1H3,(H2,13,17,18)(H2,14,15,16);1H. The number of sulfonamides is 1. The molecule has 10 heteroatoms. The summed E-state index contributed by atoms with van der Waals surface area (Å²) in [5.74, 6) is 0.613. The Labute approximate surface area is 150 Å². The molecule has 2 aromatic rings. The molecule has 0 aliphatic heterocycles. The Hall–Kier alpha value is -1.11. The van der Waals surface area contributed by atoms with E-state index < -0.39 is 10.0 Å². The van der Waals surface area contributed by atoms with Crippen molar-refractivity contribution in [3.05, 3.63) is 41.2 Å². The minimum Gasteiger partial charge on any atom is -0.472 e. The van der Waals surface area contributed by atoms with E-state index in [1.54, 1.807) is 25.6 Å². The van der Waals surface area contributed by atoms with Crippen molar-refractivity contribution in [2.75, 3.05) is 7.05 Å². The van der Waals surface area contributed by atoms with E-state index in [1.807, 2.05) is 6.07 Å². The highest BCUT2D eigenvalue weighted by Gasteiger charge is 2.11. The van der Waals surface area contributed by atoms with Gasteiger partial charge in [0.1, 0.15) is 4.21 Å². The number of rotatable bonds is 5. The van der Waals surface area contributed by atoms with E-state index in [2.05, 4.69) is 15.6 Å². The second-order valence-electron chi connectivity index (χ2n) is 4.18. The summed E-state index contributed by atoms with van der Waals surface area (Å²) in [5, 5.41) is 11.3. The van der Waals surface area contributed by atoms with E-state index in [9.17, 15) is 8.42 Å². The van der Waals surface area contributed by atoms with Crippen LogP contribution in [0.2, 0.25) is 0 Å². The molecule has 2 rings (SSSR count). The van der Waals surface area contributed by atoms with E-state index >= 15 is 0 Å². The van der Waals surface area contributed by atoms with Crippen molar-refractivity contribution < 1.29 is 12.8 Å². The number of nitrogens with one attached hydrogen (secondary N) is 2. The Kier molecular flexibility index (Phi) is 7.32. The molecule has 0 unspecified atom stereocenters. The van der Waals surface area contributed by atoms with Gasteiger partial charge < -0.3 is 15.1 Å². The number of furan rings is 1. The van der Waals surface area contributed by atoms with Gasteiger partial charge in [0.05, 0.1) is 19.1 Å². The van der Waals surface area contributed by atoms with Gasteiger partial charge in [0.25, 0.3) is 0 Å². The Bertz CT molecular complexity index is 711. The van der Waals surface area contributed by atoms with Crippen molar-refractivity contribution in [3.63, 3.8) is 0 Å². The number of guanidine groups is 1. The number of aliphatic imine (C=N–C) groups is 1. The molecular formula is C12H17IN4O3S2. The Balaban J connectivity index is 0.00000242.